The predicted molar refractivity (Wildman–Crippen MR) is 117 cm³/mol. The van der Waals surface area contributed by atoms with Gasteiger partial charge in [-0.3, -0.25) is 4.79 Å². The van der Waals surface area contributed by atoms with Crippen LogP contribution >= 0.6 is 0 Å². The summed E-state index contributed by atoms with van der Waals surface area (Å²) in [6.07, 6.45) is 3.07. The molecule has 0 bridgehead atoms. The minimum Gasteiger partial charge on any atom is -0.368 e. The molecule has 7 nitrogen and oxygen atoms in total. The fourth-order valence-corrected chi connectivity index (χ4v) is 5.88. The van der Waals surface area contributed by atoms with Gasteiger partial charge in [-0.25, -0.2) is 0 Å². The highest BCUT2D eigenvalue weighted by Crippen LogP contribution is 2.34. The molecule has 0 saturated carbocycles. The molecular weight excluding hydrogens is 402 g/mol. The molecule has 162 valence electrons. The van der Waals surface area contributed by atoms with Crippen molar-refractivity contribution < 1.29 is 17.9 Å². The van der Waals surface area contributed by atoms with Gasteiger partial charge in [0.05, 0.1) is 0 Å². The van der Waals surface area contributed by atoms with Crippen LogP contribution in [0.2, 0.25) is 0 Å². The van der Waals surface area contributed by atoms with E-state index in [4.69, 9.17) is 4.74 Å². The van der Waals surface area contributed by atoms with Crippen molar-refractivity contribution in [3.05, 3.63) is 41.0 Å². The Morgan fingerprint density at radius 3 is 2.57 bits per heavy atom. The normalized spacial score (nSPS) is 24.2. The summed E-state index contributed by atoms with van der Waals surface area (Å²) in [6, 6.07) is 7.64. The van der Waals surface area contributed by atoms with Crippen LogP contribution in [0.15, 0.2) is 34.2 Å². The summed E-state index contributed by atoms with van der Waals surface area (Å²) >= 11 is 0. The van der Waals surface area contributed by atoms with Gasteiger partial charge in [-0.1, -0.05) is 31.2 Å². The first-order chi connectivity index (χ1) is 14.4. The van der Waals surface area contributed by atoms with E-state index in [1.54, 1.807) is 0 Å². The minimum absolute atomic E-state index is 0.0549. The quantitative estimate of drug-likeness (QED) is 0.734. The van der Waals surface area contributed by atoms with Gasteiger partial charge in [0, 0.05) is 38.4 Å². The number of carbonyl (C=O) groups excluding carboxylic acids is 1. The molecule has 4 rings (SSSR count). The lowest BCUT2D eigenvalue weighted by Crippen LogP contribution is -2.41. The van der Waals surface area contributed by atoms with Crippen LogP contribution < -0.4 is 0 Å². The van der Waals surface area contributed by atoms with Crippen LogP contribution in [0.4, 0.5) is 0 Å². The first kappa shape index (κ1) is 21.1. The summed E-state index contributed by atoms with van der Waals surface area (Å²) in [5.41, 5.74) is 2.52. The zero-order valence-corrected chi connectivity index (χ0v) is 18.5. The summed E-state index contributed by atoms with van der Waals surface area (Å²) in [5.74, 6) is 0.565. The van der Waals surface area contributed by atoms with Crippen molar-refractivity contribution in [1.29, 1.82) is 0 Å². The van der Waals surface area contributed by atoms with Crippen LogP contribution in [-0.2, 0) is 26.0 Å². The number of hydrogen-bond acceptors (Lipinski definition) is 5. The molecule has 0 unspecified atom stereocenters. The summed E-state index contributed by atoms with van der Waals surface area (Å²) in [6.45, 7) is 6.98. The number of sulfonamides is 1. The Morgan fingerprint density at radius 1 is 1.13 bits per heavy atom. The topological polar surface area (TPSA) is 79.3 Å². The van der Waals surface area contributed by atoms with E-state index in [9.17, 15) is 13.2 Å². The third kappa shape index (κ3) is 4.03. The largest absolute Gasteiger partial charge is 0.368 e. The Labute approximate surface area is 178 Å². The third-order valence-corrected chi connectivity index (χ3v) is 7.55. The molecule has 30 heavy (non-hydrogen) atoms. The number of rotatable bonds is 3. The molecule has 1 amide bonds. The van der Waals surface area contributed by atoms with Crippen LogP contribution in [-0.4, -0.2) is 68.9 Å². The smallest absolute Gasteiger partial charge is 0.285 e. The Balaban J connectivity index is 1.53. The Hall–Kier alpha value is -2.19. The van der Waals surface area contributed by atoms with E-state index in [2.05, 4.69) is 11.3 Å². The highest BCUT2D eigenvalue weighted by Gasteiger charge is 2.35. The average Bonchev–Trinajstić information content (AvgIpc) is 3.26. The van der Waals surface area contributed by atoms with Gasteiger partial charge in [-0.2, -0.15) is 8.42 Å². The number of amidine groups is 1. The van der Waals surface area contributed by atoms with E-state index in [1.165, 1.54) is 0 Å². The van der Waals surface area contributed by atoms with Crippen LogP contribution in [0, 0.1) is 0 Å². The monoisotopic (exact) mass is 431 g/mol. The number of carbonyl (C=O) groups is 1. The van der Waals surface area contributed by atoms with Crippen molar-refractivity contribution in [2.45, 2.75) is 45.6 Å². The molecule has 0 aliphatic carbocycles. The lowest BCUT2D eigenvalue weighted by molar-refractivity contribution is -0.140. The molecule has 0 radical (unpaired) electrons. The van der Waals surface area contributed by atoms with Gasteiger partial charge >= 0.3 is 0 Å². The second kappa shape index (κ2) is 8.51. The Bertz CT molecular complexity index is 976. The minimum atomic E-state index is -3.74. The van der Waals surface area contributed by atoms with E-state index in [0.29, 0.717) is 49.8 Å². The van der Waals surface area contributed by atoms with Crippen LogP contribution in [0.5, 0.6) is 0 Å². The molecule has 3 aliphatic heterocycles. The molecule has 1 aromatic carbocycles. The molecular formula is C22H29N3O4S. The molecule has 0 spiro atoms. The van der Waals surface area contributed by atoms with Crippen molar-refractivity contribution in [3.63, 3.8) is 0 Å². The fourth-order valence-electron chi connectivity index (χ4n) is 4.40. The van der Waals surface area contributed by atoms with Crippen LogP contribution in [0.25, 0.3) is 4.91 Å². The van der Waals surface area contributed by atoms with Gasteiger partial charge < -0.3 is 14.5 Å². The van der Waals surface area contributed by atoms with Gasteiger partial charge in [-0.05, 0) is 43.7 Å². The Kier molecular flexibility index (Phi) is 5.97. The maximum atomic E-state index is 12.9. The van der Waals surface area contributed by atoms with E-state index in [0.717, 1.165) is 31.2 Å². The van der Waals surface area contributed by atoms with Gasteiger partial charge in [-0.15, -0.1) is 4.40 Å². The van der Waals surface area contributed by atoms with E-state index < -0.39 is 10.0 Å². The molecule has 2 fully saturated rings. The Morgan fingerprint density at radius 2 is 1.90 bits per heavy atom. The van der Waals surface area contributed by atoms with Gasteiger partial charge in [0.15, 0.2) is 0 Å². The standard InChI is InChI=1S/C22H29N3O4S/c1-3-17-7-9-18(10-8-17)20-16(2)21(23-30(20,27)28)24-11-5-12-25(14-13-24)22(26)19-6-4-15-29-19/h7-10,19H,3-6,11-15H2,1-2H3/t19-/m1/s1. The van der Waals surface area contributed by atoms with E-state index in [1.807, 2.05) is 41.0 Å². The highest BCUT2D eigenvalue weighted by atomic mass is 32.2. The van der Waals surface area contributed by atoms with Crippen molar-refractivity contribution in [2.75, 3.05) is 32.8 Å². The molecule has 3 heterocycles. The number of benzene rings is 1. The number of hydrogen-bond donors (Lipinski definition) is 0. The maximum Gasteiger partial charge on any atom is 0.285 e. The predicted octanol–water partition coefficient (Wildman–Crippen LogP) is 2.44. The summed E-state index contributed by atoms with van der Waals surface area (Å²) in [4.78, 5) is 16.8. The van der Waals surface area contributed by atoms with Crippen LogP contribution in [0.1, 0.15) is 44.2 Å². The van der Waals surface area contributed by atoms with E-state index >= 15 is 0 Å². The van der Waals surface area contributed by atoms with Crippen molar-refractivity contribution in [1.82, 2.24) is 9.80 Å². The number of nitrogens with zero attached hydrogens (tertiary/aromatic N) is 3. The van der Waals surface area contributed by atoms with Crippen molar-refractivity contribution in [2.24, 2.45) is 4.40 Å². The summed E-state index contributed by atoms with van der Waals surface area (Å²) in [7, 11) is -3.74. The molecule has 1 atom stereocenters. The third-order valence-electron chi connectivity index (χ3n) is 6.08. The number of aryl methyl sites for hydroxylation is 1. The lowest BCUT2D eigenvalue weighted by Gasteiger charge is -2.25. The zero-order valence-electron chi connectivity index (χ0n) is 17.6. The second-order valence-corrected chi connectivity index (χ2v) is 9.60. The molecule has 1 aromatic rings. The summed E-state index contributed by atoms with van der Waals surface area (Å²) < 4.78 is 35.4. The maximum absolute atomic E-state index is 12.9. The lowest BCUT2D eigenvalue weighted by atomic mass is 10.1. The van der Waals surface area contributed by atoms with Gasteiger partial charge in [0.2, 0.25) is 0 Å². The first-order valence-electron chi connectivity index (χ1n) is 10.7. The zero-order chi connectivity index (χ0) is 21.3. The fraction of sp³-hybridized carbons (Fsp3) is 0.545. The molecule has 8 heteroatoms. The molecule has 0 aromatic heterocycles. The molecule has 0 N–H and O–H groups in total. The highest BCUT2D eigenvalue weighted by molar-refractivity contribution is 8.00. The van der Waals surface area contributed by atoms with Gasteiger partial charge in [0.1, 0.15) is 16.8 Å². The number of amides is 1. The average molecular weight is 432 g/mol. The molecule has 2 saturated heterocycles. The van der Waals surface area contributed by atoms with Crippen molar-refractivity contribution in [3.8, 4) is 0 Å². The molecule has 3 aliphatic rings. The van der Waals surface area contributed by atoms with E-state index in [-0.39, 0.29) is 16.9 Å². The summed E-state index contributed by atoms with van der Waals surface area (Å²) in [5, 5.41) is 0. The SMILES string of the molecule is CCc1ccc(C2=C(C)C(N3CCCN(C(=O)[C@H]4CCCO4)CC3)=NS2(=O)=O)cc1. The van der Waals surface area contributed by atoms with Crippen LogP contribution in [0.3, 0.4) is 0 Å². The van der Waals surface area contributed by atoms with Crippen molar-refractivity contribution >= 4 is 26.7 Å². The second-order valence-electron chi connectivity index (χ2n) is 8.06. The van der Waals surface area contributed by atoms with Gasteiger partial charge in [0.25, 0.3) is 15.9 Å². The first-order valence-corrected chi connectivity index (χ1v) is 12.2. The number of ether oxygens (including phenoxy) is 1.